The number of hydrogen-bond acceptors (Lipinski definition) is 3. The largest absolute Gasteiger partial charge is 0.399 e. The number of morpholine rings is 1. The van der Waals surface area contributed by atoms with E-state index in [0.29, 0.717) is 6.04 Å². The maximum absolute atomic E-state index is 5.87. The quantitative estimate of drug-likeness (QED) is 0.885. The zero-order chi connectivity index (χ0) is 13.8. The maximum atomic E-state index is 5.87. The number of hydrogen-bond donors (Lipinski definition) is 1. The fourth-order valence-electron chi connectivity index (χ4n) is 2.74. The number of nitrogens with zero attached hydrogens (tertiary/aromatic N) is 1. The highest BCUT2D eigenvalue weighted by Crippen LogP contribution is 2.26. The average molecular weight is 305 g/mol. The third-order valence-electron chi connectivity index (χ3n) is 3.76. The molecule has 1 atom stereocenters. The molecule has 1 unspecified atom stereocenters. The van der Waals surface area contributed by atoms with Gasteiger partial charge in [0, 0.05) is 18.8 Å². The molecule has 0 saturated carbocycles. The van der Waals surface area contributed by atoms with Gasteiger partial charge < -0.3 is 10.5 Å². The van der Waals surface area contributed by atoms with E-state index in [1.54, 1.807) is 0 Å². The molecular weight excluding hydrogens is 284 g/mol. The van der Waals surface area contributed by atoms with Crippen LogP contribution in [-0.2, 0) is 11.3 Å². The van der Waals surface area contributed by atoms with Gasteiger partial charge in [0.15, 0.2) is 0 Å². The predicted molar refractivity (Wildman–Crippen MR) is 88.5 cm³/mol. The van der Waals surface area contributed by atoms with Crippen molar-refractivity contribution in [1.82, 2.24) is 4.90 Å². The standard InChI is InChI=1S/C17H20N2O.ClH/c18-16-8-4-5-14(11-16)12-19-9-10-20-13-17(19)15-6-2-1-3-7-15;/h1-8,11,17H,9-10,12-13,18H2;1H. The molecule has 2 N–H and O–H groups in total. The minimum absolute atomic E-state index is 0. The summed E-state index contributed by atoms with van der Waals surface area (Å²) in [6, 6.07) is 19.0. The molecule has 2 aromatic rings. The highest BCUT2D eigenvalue weighted by atomic mass is 35.5. The lowest BCUT2D eigenvalue weighted by molar-refractivity contribution is -0.0127. The van der Waals surface area contributed by atoms with E-state index >= 15 is 0 Å². The third-order valence-corrected chi connectivity index (χ3v) is 3.76. The van der Waals surface area contributed by atoms with E-state index < -0.39 is 0 Å². The van der Waals surface area contributed by atoms with Crippen molar-refractivity contribution < 1.29 is 4.74 Å². The lowest BCUT2D eigenvalue weighted by Crippen LogP contribution is -2.38. The van der Waals surface area contributed by atoms with Crippen molar-refractivity contribution in [3.8, 4) is 0 Å². The topological polar surface area (TPSA) is 38.5 Å². The number of nitrogen functional groups attached to an aromatic ring is 1. The molecule has 1 heterocycles. The molecule has 3 nitrogen and oxygen atoms in total. The van der Waals surface area contributed by atoms with Crippen LogP contribution >= 0.6 is 12.4 Å². The summed E-state index contributed by atoms with van der Waals surface area (Å²) in [5.74, 6) is 0. The van der Waals surface area contributed by atoms with Gasteiger partial charge in [0.1, 0.15) is 0 Å². The molecule has 1 aliphatic heterocycles. The van der Waals surface area contributed by atoms with Crippen LogP contribution in [0.4, 0.5) is 5.69 Å². The Labute approximate surface area is 132 Å². The first-order chi connectivity index (χ1) is 9.83. The van der Waals surface area contributed by atoms with Crippen molar-refractivity contribution in [2.75, 3.05) is 25.5 Å². The third kappa shape index (κ3) is 3.97. The molecule has 21 heavy (non-hydrogen) atoms. The maximum Gasteiger partial charge on any atom is 0.0664 e. The number of ether oxygens (including phenoxy) is 1. The summed E-state index contributed by atoms with van der Waals surface area (Å²) in [6.45, 7) is 3.42. The van der Waals surface area contributed by atoms with E-state index in [9.17, 15) is 0 Å². The Morgan fingerprint density at radius 2 is 1.90 bits per heavy atom. The summed E-state index contributed by atoms with van der Waals surface area (Å²) in [4.78, 5) is 2.47. The number of nitrogens with two attached hydrogens (primary N) is 1. The van der Waals surface area contributed by atoms with Gasteiger partial charge in [0.2, 0.25) is 0 Å². The molecule has 0 radical (unpaired) electrons. The summed E-state index contributed by atoms with van der Waals surface area (Å²) in [5, 5.41) is 0. The first-order valence-corrected chi connectivity index (χ1v) is 7.04. The molecular formula is C17H21ClN2O. The van der Waals surface area contributed by atoms with Crippen molar-refractivity contribution in [3.05, 3.63) is 65.7 Å². The lowest BCUT2D eigenvalue weighted by atomic mass is 10.0. The Bertz CT molecular complexity index is 562. The summed E-state index contributed by atoms with van der Waals surface area (Å²) >= 11 is 0. The molecule has 2 aromatic carbocycles. The van der Waals surface area contributed by atoms with Crippen LogP contribution in [-0.4, -0.2) is 24.7 Å². The van der Waals surface area contributed by atoms with Gasteiger partial charge in [-0.15, -0.1) is 12.4 Å². The van der Waals surface area contributed by atoms with Gasteiger partial charge in [0.25, 0.3) is 0 Å². The summed E-state index contributed by atoms with van der Waals surface area (Å²) in [5.41, 5.74) is 9.27. The first kappa shape index (κ1) is 15.8. The fraction of sp³-hybridized carbons (Fsp3) is 0.294. The zero-order valence-electron chi connectivity index (χ0n) is 11.9. The summed E-state index contributed by atoms with van der Waals surface area (Å²) in [6.07, 6.45) is 0. The van der Waals surface area contributed by atoms with E-state index in [-0.39, 0.29) is 12.4 Å². The van der Waals surface area contributed by atoms with E-state index in [1.165, 1.54) is 11.1 Å². The number of halogens is 1. The highest BCUT2D eigenvalue weighted by molar-refractivity contribution is 5.85. The molecule has 0 aliphatic carbocycles. The van der Waals surface area contributed by atoms with Crippen LogP contribution in [0.25, 0.3) is 0 Å². The minimum atomic E-state index is 0. The van der Waals surface area contributed by atoms with Crippen LogP contribution in [0.2, 0.25) is 0 Å². The molecule has 4 heteroatoms. The van der Waals surface area contributed by atoms with Gasteiger partial charge in [-0.25, -0.2) is 0 Å². The number of anilines is 1. The normalized spacial score (nSPS) is 19.0. The second kappa shape index (κ2) is 7.46. The molecule has 1 fully saturated rings. The van der Waals surface area contributed by atoms with Gasteiger partial charge in [-0.1, -0.05) is 42.5 Å². The second-order valence-corrected chi connectivity index (χ2v) is 5.22. The molecule has 1 aliphatic rings. The van der Waals surface area contributed by atoms with Crippen molar-refractivity contribution >= 4 is 18.1 Å². The Kier molecular flexibility index (Phi) is 5.62. The predicted octanol–water partition coefficient (Wildman–Crippen LogP) is 3.26. The van der Waals surface area contributed by atoms with Gasteiger partial charge in [-0.3, -0.25) is 4.90 Å². The van der Waals surface area contributed by atoms with Gasteiger partial charge in [-0.2, -0.15) is 0 Å². The average Bonchev–Trinajstić information content (AvgIpc) is 2.49. The number of rotatable bonds is 3. The van der Waals surface area contributed by atoms with Crippen molar-refractivity contribution in [3.63, 3.8) is 0 Å². The molecule has 112 valence electrons. The molecule has 0 spiro atoms. The Hall–Kier alpha value is -1.55. The molecule has 0 bridgehead atoms. The van der Waals surface area contributed by atoms with Crippen molar-refractivity contribution in [1.29, 1.82) is 0 Å². The van der Waals surface area contributed by atoms with Crippen LogP contribution < -0.4 is 5.73 Å². The minimum Gasteiger partial charge on any atom is -0.399 e. The van der Waals surface area contributed by atoms with E-state index in [2.05, 4.69) is 47.4 Å². The smallest absolute Gasteiger partial charge is 0.0664 e. The van der Waals surface area contributed by atoms with Crippen LogP contribution in [0.5, 0.6) is 0 Å². The van der Waals surface area contributed by atoms with Crippen LogP contribution in [0, 0.1) is 0 Å². The van der Waals surface area contributed by atoms with Crippen LogP contribution in [0.15, 0.2) is 54.6 Å². The van der Waals surface area contributed by atoms with E-state index in [0.717, 1.165) is 32.0 Å². The SMILES string of the molecule is Cl.Nc1cccc(CN2CCOCC2c2ccccc2)c1. The van der Waals surface area contributed by atoms with E-state index in [1.807, 2.05) is 12.1 Å². The van der Waals surface area contributed by atoms with Gasteiger partial charge >= 0.3 is 0 Å². The van der Waals surface area contributed by atoms with Crippen LogP contribution in [0.1, 0.15) is 17.2 Å². The van der Waals surface area contributed by atoms with Gasteiger partial charge in [-0.05, 0) is 23.3 Å². The molecule has 1 saturated heterocycles. The van der Waals surface area contributed by atoms with Crippen molar-refractivity contribution in [2.24, 2.45) is 0 Å². The second-order valence-electron chi connectivity index (χ2n) is 5.22. The zero-order valence-corrected chi connectivity index (χ0v) is 12.8. The Balaban J connectivity index is 0.00000161. The summed E-state index contributed by atoms with van der Waals surface area (Å²) < 4.78 is 5.66. The monoisotopic (exact) mass is 304 g/mol. The molecule has 0 amide bonds. The fourth-order valence-corrected chi connectivity index (χ4v) is 2.74. The molecule has 3 rings (SSSR count). The summed E-state index contributed by atoms with van der Waals surface area (Å²) in [7, 11) is 0. The molecule has 0 aromatic heterocycles. The lowest BCUT2D eigenvalue weighted by Gasteiger charge is -2.36. The Morgan fingerprint density at radius 1 is 1.10 bits per heavy atom. The first-order valence-electron chi connectivity index (χ1n) is 7.04. The van der Waals surface area contributed by atoms with Crippen molar-refractivity contribution in [2.45, 2.75) is 12.6 Å². The van der Waals surface area contributed by atoms with Crippen LogP contribution in [0.3, 0.4) is 0 Å². The van der Waals surface area contributed by atoms with Gasteiger partial charge in [0.05, 0.1) is 19.3 Å². The highest BCUT2D eigenvalue weighted by Gasteiger charge is 2.24. The Morgan fingerprint density at radius 3 is 2.67 bits per heavy atom. The van der Waals surface area contributed by atoms with E-state index in [4.69, 9.17) is 10.5 Å². The number of benzene rings is 2.